The molecule has 1 fully saturated rings. The molecule has 5 heteroatoms. The number of halogens is 1. The van der Waals surface area contributed by atoms with E-state index in [0.717, 1.165) is 18.6 Å². The molecular weight excluding hydrogens is 276 g/mol. The molecule has 1 saturated carbocycles. The molecule has 0 bridgehead atoms. The van der Waals surface area contributed by atoms with Crippen molar-refractivity contribution in [2.24, 2.45) is 22.7 Å². The molecule has 3 N–H and O–H groups in total. The van der Waals surface area contributed by atoms with Crippen molar-refractivity contribution in [3.8, 4) is 5.75 Å². The number of oxime groups is 1. The van der Waals surface area contributed by atoms with Crippen molar-refractivity contribution in [3.05, 3.63) is 28.8 Å². The minimum Gasteiger partial charge on any atom is -0.490 e. The average molecular weight is 297 g/mol. The predicted octanol–water partition coefficient (Wildman–Crippen LogP) is 3.64. The first-order valence-corrected chi connectivity index (χ1v) is 7.31. The van der Waals surface area contributed by atoms with Crippen LogP contribution in [0.15, 0.2) is 23.4 Å². The van der Waals surface area contributed by atoms with Crippen molar-refractivity contribution >= 4 is 17.4 Å². The van der Waals surface area contributed by atoms with Gasteiger partial charge in [0.05, 0.1) is 11.1 Å². The minimum absolute atomic E-state index is 0.00135. The normalized spacial score (nSPS) is 27.4. The molecule has 0 radical (unpaired) electrons. The number of benzene rings is 1. The van der Waals surface area contributed by atoms with Crippen LogP contribution in [-0.4, -0.2) is 17.1 Å². The summed E-state index contributed by atoms with van der Waals surface area (Å²) in [4.78, 5) is 0. The van der Waals surface area contributed by atoms with Gasteiger partial charge in [-0.05, 0) is 49.3 Å². The lowest BCUT2D eigenvalue weighted by molar-refractivity contribution is 0.101. The second kappa shape index (κ2) is 6.35. The Morgan fingerprint density at radius 1 is 1.30 bits per heavy atom. The number of nitrogens with two attached hydrogens (primary N) is 1. The number of nitrogens with zero attached hydrogens (tertiary/aromatic N) is 1. The standard InChI is InChI=1S/C15H21ClN2O2/c1-9-5-10(2)7-12(6-9)20-11-3-4-13(14(16)8-11)15(17)18-19/h3-4,8-10,12,19H,5-7H2,1-2H3,(H2,17,18). The Morgan fingerprint density at radius 3 is 2.50 bits per heavy atom. The fraction of sp³-hybridized carbons (Fsp3) is 0.533. The zero-order valence-electron chi connectivity index (χ0n) is 11.8. The molecule has 1 aliphatic rings. The van der Waals surface area contributed by atoms with Crippen LogP contribution in [0.3, 0.4) is 0 Å². The zero-order chi connectivity index (χ0) is 14.7. The summed E-state index contributed by atoms with van der Waals surface area (Å²) >= 11 is 6.13. The zero-order valence-corrected chi connectivity index (χ0v) is 12.6. The molecule has 4 nitrogen and oxygen atoms in total. The van der Waals surface area contributed by atoms with E-state index in [1.165, 1.54) is 6.42 Å². The molecule has 20 heavy (non-hydrogen) atoms. The van der Waals surface area contributed by atoms with E-state index in [1.54, 1.807) is 12.1 Å². The van der Waals surface area contributed by atoms with Crippen molar-refractivity contribution in [1.82, 2.24) is 0 Å². The number of hydrogen-bond donors (Lipinski definition) is 2. The molecule has 2 atom stereocenters. The molecule has 1 aromatic carbocycles. The third-order valence-corrected chi connectivity index (χ3v) is 4.07. The van der Waals surface area contributed by atoms with Crippen molar-refractivity contribution < 1.29 is 9.94 Å². The van der Waals surface area contributed by atoms with Crippen LogP contribution in [0.5, 0.6) is 5.75 Å². The molecule has 0 amide bonds. The van der Waals surface area contributed by atoms with E-state index in [9.17, 15) is 0 Å². The fourth-order valence-electron chi connectivity index (χ4n) is 2.99. The summed E-state index contributed by atoms with van der Waals surface area (Å²) in [5, 5.41) is 12.1. The number of hydrogen-bond acceptors (Lipinski definition) is 3. The molecule has 0 aliphatic heterocycles. The summed E-state index contributed by atoms with van der Waals surface area (Å²) in [5.74, 6) is 2.11. The van der Waals surface area contributed by atoms with Crippen LogP contribution >= 0.6 is 11.6 Å². The molecule has 1 aliphatic carbocycles. The molecule has 2 rings (SSSR count). The van der Waals surface area contributed by atoms with Crippen LogP contribution in [0.4, 0.5) is 0 Å². The van der Waals surface area contributed by atoms with E-state index < -0.39 is 0 Å². The van der Waals surface area contributed by atoms with Crippen molar-refractivity contribution in [1.29, 1.82) is 0 Å². The van der Waals surface area contributed by atoms with E-state index in [4.69, 9.17) is 27.3 Å². The van der Waals surface area contributed by atoms with E-state index in [1.807, 2.05) is 6.07 Å². The molecule has 0 saturated heterocycles. The molecule has 0 heterocycles. The van der Waals surface area contributed by atoms with Gasteiger partial charge in [0.1, 0.15) is 5.75 Å². The first kappa shape index (κ1) is 15.0. The van der Waals surface area contributed by atoms with Crippen molar-refractivity contribution in [2.75, 3.05) is 0 Å². The molecule has 1 aromatic rings. The maximum Gasteiger partial charge on any atom is 0.171 e. The molecule has 0 aromatic heterocycles. The first-order chi connectivity index (χ1) is 9.49. The third kappa shape index (κ3) is 3.57. The lowest BCUT2D eigenvalue weighted by Crippen LogP contribution is -2.28. The first-order valence-electron chi connectivity index (χ1n) is 6.93. The van der Waals surface area contributed by atoms with Gasteiger partial charge in [-0.1, -0.05) is 30.6 Å². The number of rotatable bonds is 3. The smallest absolute Gasteiger partial charge is 0.171 e. The maximum atomic E-state index is 8.67. The van der Waals surface area contributed by atoms with Gasteiger partial charge >= 0.3 is 0 Å². The lowest BCUT2D eigenvalue weighted by Gasteiger charge is -2.31. The minimum atomic E-state index is 0.00135. The summed E-state index contributed by atoms with van der Waals surface area (Å²) in [5.41, 5.74) is 6.05. The quantitative estimate of drug-likeness (QED) is 0.387. The van der Waals surface area contributed by atoms with Gasteiger partial charge in [0.15, 0.2) is 5.84 Å². The molecule has 2 unspecified atom stereocenters. The SMILES string of the molecule is CC1CC(C)CC(Oc2ccc(C(N)=NO)c(Cl)c2)C1. The van der Waals surface area contributed by atoms with Gasteiger partial charge in [0.2, 0.25) is 0 Å². The second-order valence-electron chi connectivity index (χ2n) is 5.78. The Kier molecular flexibility index (Phi) is 4.76. The Balaban J connectivity index is 2.09. The van der Waals surface area contributed by atoms with E-state index in [2.05, 4.69) is 19.0 Å². The average Bonchev–Trinajstić information content (AvgIpc) is 2.36. The van der Waals surface area contributed by atoms with Crippen LogP contribution in [-0.2, 0) is 0 Å². The second-order valence-corrected chi connectivity index (χ2v) is 6.19. The van der Waals surface area contributed by atoms with Gasteiger partial charge in [-0.3, -0.25) is 0 Å². The van der Waals surface area contributed by atoms with E-state index in [0.29, 0.717) is 22.4 Å². The van der Waals surface area contributed by atoms with Gasteiger partial charge in [0, 0.05) is 5.56 Å². The molecular formula is C15H21ClN2O2. The monoisotopic (exact) mass is 296 g/mol. The van der Waals surface area contributed by atoms with Crippen LogP contribution in [0.2, 0.25) is 5.02 Å². The summed E-state index contributed by atoms with van der Waals surface area (Å²) in [6.45, 7) is 4.53. The van der Waals surface area contributed by atoms with Crippen LogP contribution in [0, 0.1) is 11.8 Å². The van der Waals surface area contributed by atoms with Crippen LogP contribution in [0.25, 0.3) is 0 Å². The highest BCUT2D eigenvalue weighted by molar-refractivity contribution is 6.34. The Hall–Kier alpha value is -1.42. The highest BCUT2D eigenvalue weighted by Gasteiger charge is 2.25. The summed E-state index contributed by atoms with van der Waals surface area (Å²) in [7, 11) is 0. The highest BCUT2D eigenvalue weighted by atomic mass is 35.5. The predicted molar refractivity (Wildman–Crippen MR) is 80.6 cm³/mol. The third-order valence-electron chi connectivity index (χ3n) is 3.76. The van der Waals surface area contributed by atoms with Gasteiger partial charge in [0.25, 0.3) is 0 Å². The lowest BCUT2D eigenvalue weighted by atomic mass is 9.82. The Bertz CT molecular complexity index is 495. The van der Waals surface area contributed by atoms with E-state index >= 15 is 0 Å². The molecule has 110 valence electrons. The van der Waals surface area contributed by atoms with Gasteiger partial charge in [-0.25, -0.2) is 0 Å². The van der Waals surface area contributed by atoms with Crippen LogP contribution in [0.1, 0.15) is 38.7 Å². The van der Waals surface area contributed by atoms with Crippen LogP contribution < -0.4 is 10.5 Å². The topological polar surface area (TPSA) is 67.8 Å². The Morgan fingerprint density at radius 2 is 1.95 bits per heavy atom. The number of ether oxygens (including phenoxy) is 1. The van der Waals surface area contributed by atoms with Crippen molar-refractivity contribution in [2.45, 2.75) is 39.2 Å². The number of amidine groups is 1. The van der Waals surface area contributed by atoms with Gasteiger partial charge in [-0.2, -0.15) is 0 Å². The fourth-order valence-corrected chi connectivity index (χ4v) is 3.26. The highest BCUT2D eigenvalue weighted by Crippen LogP contribution is 2.32. The molecule has 0 spiro atoms. The largest absolute Gasteiger partial charge is 0.490 e. The van der Waals surface area contributed by atoms with E-state index in [-0.39, 0.29) is 11.9 Å². The van der Waals surface area contributed by atoms with Gasteiger partial charge in [-0.15, -0.1) is 0 Å². The Labute approximate surface area is 124 Å². The summed E-state index contributed by atoms with van der Waals surface area (Å²) in [6, 6.07) is 5.24. The summed E-state index contributed by atoms with van der Waals surface area (Å²) in [6.07, 6.45) is 3.65. The van der Waals surface area contributed by atoms with Crippen molar-refractivity contribution in [3.63, 3.8) is 0 Å². The summed E-state index contributed by atoms with van der Waals surface area (Å²) < 4.78 is 6.02. The maximum absolute atomic E-state index is 8.67. The van der Waals surface area contributed by atoms with Gasteiger partial charge < -0.3 is 15.7 Å².